The molecule has 2 amide bonds. The number of primary amides is 1. The fourth-order valence-electron chi connectivity index (χ4n) is 3.35. The van der Waals surface area contributed by atoms with Crippen LogP contribution in [0.4, 0.5) is 0 Å². The van der Waals surface area contributed by atoms with E-state index in [2.05, 4.69) is 4.98 Å². The van der Waals surface area contributed by atoms with Crippen molar-refractivity contribution in [2.75, 3.05) is 7.05 Å². The van der Waals surface area contributed by atoms with Crippen molar-refractivity contribution in [2.45, 2.75) is 31.2 Å². The highest BCUT2D eigenvalue weighted by atomic mass is 16.2. The van der Waals surface area contributed by atoms with Crippen LogP contribution in [0.5, 0.6) is 0 Å². The number of hydrogen-bond acceptors (Lipinski definition) is 2. The number of rotatable bonds is 3. The number of fused-ring (bicyclic) bond motifs is 1. The summed E-state index contributed by atoms with van der Waals surface area (Å²) in [7, 11) is 1.68. The van der Waals surface area contributed by atoms with Gasteiger partial charge in [-0.1, -0.05) is 25.0 Å². The smallest absolute Gasteiger partial charge is 0.256 e. The van der Waals surface area contributed by atoms with E-state index in [0.717, 1.165) is 23.7 Å². The van der Waals surface area contributed by atoms with Crippen LogP contribution >= 0.6 is 0 Å². The normalized spacial score (nSPS) is 17.0. The molecular formula is C16H19N3O2. The Morgan fingerprint density at radius 1 is 1.24 bits per heavy atom. The number of nitrogens with zero attached hydrogens (tertiary/aromatic N) is 1. The summed E-state index contributed by atoms with van der Waals surface area (Å²) < 4.78 is 0. The Labute approximate surface area is 123 Å². The molecule has 3 N–H and O–H groups in total. The molecule has 0 bridgehead atoms. The maximum atomic E-state index is 12.9. The van der Waals surface area contributed by atoms with Crippen LogP contribution in [0.25, 0.3) is 10.9 Å². The van der Waals surface area contributed by atoms with Crippen molar-refractivity contribution in [3.05, 3.63) is 36.0 Å². The summed E-state index contributed by atoms with van der Waals surface area (Å²) in [6.07, 6.45) is 4.94. The molecule has 0 atom stereocenters. The molecular weight excluding hydrogens is 266 g/mol. The monoisotopic (exact) mass is 285 g/mol. The molecule has 0 aliphatic heterocycles. The molecule has 1 saturated carbocycles. The van der Waals surface area contributed by atoms with E-state index < -0.39 is 11.4 Å². The summed E-state index contributed by atoms with van der Waals surface area (Å²) >= 11 is 0. The Balaban J connectivity index is 2.01. The van der Waals surface area contributed by atoms with Gasteiger partial charge in [0.15, 0.2) is 0 Å². The number of aromatic amines is 1. The number of para-hydroxylation sites is 1. The minimum Gasteiger partial charge on any atom is -0.368 e. The van der Waals surface area contributed by atoms with Gasteiger partial charge < -0.3 is 15.6 Å². The zero-order chi connectivity index (χ0) is 15.0. The van der Waals surface area contributed by atoms with Gasteiger partial charge in [-0.2, -0.15) is 0 Å². The van der Waals surface area contributed by atoms with E-state index in [9.17, 15) is 9.59 Å². The quantitative estimate of drug-likeness (QED) is 0.905. The van der Waals surface area contributed by atoms with Crippen LogP contribution in [0.2, 0.25) is 0 Å². The summed E-state index contributed by atoms with van der Waals surface area (Å²) in [4.78, 5) is 29.4. The minimum absolute atomic E-state index is 0.163. The van der Waals surface area contributed by atoms with Crippen molar-refractivity contribution in [2.24, 2.45) is 5.73 Å². The van der Waals surface area contributed by atoms with E-state index in [4.69, 9.17) is 5.73 Å². The minimum atomic E-state index is -0.841. The van der Waals surface area contributed by atoms with E-state index >= 15 is 0 Å². The highest BCUT2D eigenvalue weighted by Gasteiger charge is 2.45. The van der Waals surface area contributed by atoms with Gasteiger partial charge >= 0.3 is 0 Å². The molecule has 0 radical (unpaired) electrons. The molecule has 0 saturated heterocycles. The third-order valence-electron chi connectivity index (χ3n) is 4.65. The number of benzene rings is 1. The molecule has 1 heterocycles. The highest BCUT2D eigenvalue weighted by molar-refractivity contribution is 6.07. The molecule has 110 valence electrons. The van der Waals surface area contributed by atoms with Gasteiger partial charge in [0.05, 0.1) is 11.1 Å². The number of nitrogens with two attached hydrogens (primary N) is 1. The van der Waals surface area contributed by atoms with E-state index in [1.165, 1.54) is 4.90 Å². The SMILES string of the molecule is CN(C(=O)c1cccc2cc[nH]c12)C1(C(N)=O)CCCC1. The van der Waals surface area contributed by atoms with E-state index in [-0.39, 0.29) is 5.91 Å². The van der Waals surface area contributed by atoms with Crippen LogP contribution in [-0.4, -0.2) is 34.3 Å². The molecule has 1 aliphatic carbocycles. The van der Waals surface area contributed by atoms with Gasteiger partial charge in [0.2, 0.25) is 5.91 Å². The number of hydrogen-bond donors (Lipinski definition) is 2. The largest absolute Gasteiger partial charge is 0.368 e. The van der Waals surface area contributed by atoms with E-state index in [1.54, 1.807) is 19.3 Å². The third-order valence-corrected chi connectivity index (χ3v) is 4.65. The summed E-state index contributed by atoms with van der Waals surface area (Å²) in [6, 6.07) is 7.50. The fourth-order valence-corrected chi connectivity index (χ4v) is 3.35. The van der Waals surface area contributed by atoms with E-state index in [1.807, 2.05) is 18.2 Å². The summed E-state index contributed by atoms with van der Waals surface area (Å²) in [6.45, 7) is 0. The van der Waals surface area contributed by atoms with Crippen LogP contribution in [0, 0.1) is 0 Å². The van der Waals surface area contributed by atoms with Crippen molar-refractivity contribution in [1.29, 1.82) is 0 Å². The second-order valence-corrected chi connectivity index (χ2v) is 5.71. The Morgan fingerprint density at radius 3 is 2.62 bits per heavy atom. The summed E-state index contributed by atoms with van der Waals surface area (Å²) in [5, 5.41) is 0.980. The standard InChI is InChI=1S/C16H19N3O2/c1-19(16(15(17)21)8-2-3-9-16)14(20)12-6-4-5-11-7-10-18-13(11)12/h4-7,10,18H,2-3,8-9H2,1H3,(H2,17,21). The molecule has 0 spiro atoms. The first-order valence-corrected chi connectivity index (χ1v) is 7.20. The number of aromatic nitrogens is 1. The van der Waals surface area contributed by atoms with Gasteiger partial charge in [-0.25, -0.2) is 0 Å². The number of nitrogens with one attached hydrogen (secondary N) is 1. The van der Waals surface area contributed by atoms with Gasteiger partial charge in [0.25, 0.3) is 5.91 Å². The van der Waals surface area contributed by atoms with E-state index in [0.29, 0.717) is 18.4 Å². The molecule has 2 aromatic rings. The van der Waals surface area contributed by atoms with Crippen LogP contribution < -0.4 is 5.73 Å². The Hall–Kier alpha value is -2.30. The van der Waals surface area contributed by atoms with Crippen LogP contribution in [0.3, 0.4) is 0 Å². The van der Waals surface area contributed by atoms with Gasteiger partial charge in [-0.15, -0.1) is 0 Å². The van der Waals surface area contributed by atoms with Gasteiger partial charge in [-0.05, 0) is 25.0 Å². The van der Waals surface area contributed by atoms with Crippen LogP contribution in [-0.2, 0) is 4.79 Å². The second kappa shape index (κ2) is 4.91. The van der Waals surface area contributed by atoms with Crippen molar-refractivity contribution in [3.8, 4) is 0 Å². The second-order valence-electron chi connectivity index (χ2n) is 5.71. The van der Waals surface area contributed by atoms with Crippen molar-refractivity contribution in [3.63, 3.8) is 0 Å². The fraction of sp³-hybridized carbons (Fsp3) is 0.375. The zero-order valence-electron chi connectivity index (χ0n) is 12.1. The third kappa shape index (κ3) is 2.00. The molecule has 21 heavy (non-hydrogen) atoms. The van der Waals surface area contributed by atoms with Gasteiger partial charge in [-0.3, -0.25) is 9.59 Å². The molecule has 1 aromatic carbocycles. The summed E-state index contributed by atoms with van der Waals surface area (Å²) in [5.41, 5.74) is 6.13. The average Bonchev–Trinajstić information content (AvgIpc) is 3.14. The Morgan fingerprint density at radius 2 is 1.95 bits per heavy atom. The maximum absolute atomic E-state index is 12.9. The van der Waals surface area contributed by atoms with Crippen LogP contribution in [0.1, 0.15) is 36.0 Å². The first-order chi connectivity index (χ1) is 10.1. The molecule has 0 unspecified atom stereocenters. The number of amides is 2. The zero-order valence-corrected chi connectivity index (χ0v) is 12.1. The molecule has 1 aromatic heterocycles. The number of H-pyrrole nitrogens is 1. The number of carbonyl (C=O) groups excluding carboxylic acids is 2. The Bertz CT molecular complexity index is 698. The predicted octanol–water partition coefficient (Wildman–Crippen LogP) is 2.04. The highest BCUT2D eigenvalue weighted by Crippen LogP contribution is 2.35. The average molecular weight is 285 g/mol. The lowest BCUT2D eigenvalue weighted by Gasteiger charge is -2.36. The maximum Gasteiger partial charge on any atom is 0.256 e. The lowest BCUT2D eigenvalue weighted by molar-refractivity contribution is -0.127. The van der Waals surface area contributed by atoms with Crippen molar-refractivity contribution >= 4 is 22.7 Å². The first kappa shape index (κ1) is 13.7. The molecule has 5 nitrogen and oxygen atoms in total. The molecule has 1 fully saturated rings. The lowest BCUT2D eigenvalue weighted by Crippen LogP contribution is -2.56. The first-order valence-electron chi connectivity index (χ1n) is 7.20. The molecule has 3 rings (SSSR count). The topological polar surface area (TPSA) is 79.2 Å². The summed E-state index contributed by atoms with van der Waals surface area (Å²) in [5.74, 6) is -0.571. The lowest BCUT2D eigenvalue weighted by atomic mass is 9.93. The van der Waals surface area contributed by atoms with Gasteiger partial charge in [0, 0.05) is 18.6 Å². The van der Waals surface area contributed by atoms with Crippen molar-refractivity contribution in [1.82, 2.24) is 9.88 Å². The van der Waals surface area contributed by atoms with Gasteiger partial charge in [0.1, 0.15) is 5.54 Å². The number of carbonyl (C=O) groups is 2. The predicted molar refractivity (Wildman–Crippen MR) is 80.8 cm³/mol. The Kier molecular flexibility index (Phi) is 3.20. The van der Waals surface area contributed by atoms with Crippen LogP contribution in [0.15, 0.2) is 30.5 Å². The number of likely N-dealkylation sites (N-methyl/N-ethyl adjacent to an activating group) is 1. The molecule has 5 heteroatoms. The van der Waals surface area contributed by atoms with Crippen molar-refractivity contribution < 1.29 is 9.59 Å². The molecule has 1 aliphatic rings.